The molecule has 3 aromatic heterocycles. The second-order valence-corrected chi connectivity index (χ2v) is 7.76. The largest absolute Gasteiger partial charge is 0.368 e. The monoisotopic (exact) mass is 396 g/mol. The van der Waals surface area contributed by atoms with Crippen LogP contribution in [0.4, 0.5) is 5.95 Å². The number of morpholine rings is 1. The molecule has 8 nitrogen and oxygen atoms in total. The minimum absolute atomic E-state index is 0.00652. The third-order valence-electron chi connectivity index (χ3n) is 4.57. The average Bonchev–Trinajstić information content (AvgIpc) is 3.06. The van der Waals surface area contributed by atoms with Gasteiger partial charge in [-0.2, -0.15) is 0 Å². The molecule has 2 N–H and O–H groups in total. The maximum Gasteiger partial charge on any atom is 0.266 e. The van der Waals surface area contributed by atoms with Gasteiger partial charge in [-0.1, -0.05) is 6.07 Å². The van der Waals surface area contributed by atoms with Gasteiger partial charge >= 0.3 is 0 Å². The van der Waals surface area contributed by atoms with Crippen LogP contribution in [0.15, 0.2) is 30.7 Å². The molecule has 1 saturated heterocycles. The third kappa shape index (κ3) is 3.71. The highest BCUT2D eigenvalue weighted by Crippen LogP contribution is 2.26. The molecule has 1 atom stereocenters. The Hall–Kier alpha value is -2.91. The van der Waals surface area contributed by atoms with Crippen molar-refractivity contribution in [3.05, 3.63) is 52.0 Å². The molecule has 0 radical (unpaired) electrons. The quantitative estimate of drug-likeness (QED) is 0.724. The van der Waals surface area contributed by atoms with E-state index in [1.165, 1.54) is 11.3 Å². The minimum atomic E-state index is -0.260. The summed E-state index contributed by atoms with van der Waals surface area (Å²) in [4.78, 5) is 32.3. The first-order chi connectivity index (χ1) is 13.5. The fourth-order valence-electron chi connectivity index (χ4n) is 3.14. The van der Waals surface area contributed by atoms with E-state index in [0.717, 1.165) is 27.5 Å². The van der Waals surface area contributed by atoms with Crippen LogP contribution in [0.1, 0.15) is 32.2 Å². The Morgan fingerprint density at radius 2 is 1.93 bits per heavy atom. The zero-order valence-electron chi connectivity index (χ0n) is 15.6. The summed E-state index contributed by atoms with van der Waals surface area (Å²) < 4.78 is 5.87. The first-order valence-electron chi connectivity index (χ1n) is 8.90. The lowest BCUT2D eigenvalue weighted by molar-refractivity contribution is -0.0245. The summed E-state index contributed by atoms with van der Waals surface area (Å²) in [5, 5.41) is 0.898. The maximum absolute atomic E-state index is 12.9. The summed E-state index contributed by atoms with van der Waals surface area (Å²) in [6.07, 6.45) is 4.82. The number of aromatic nitrogens is 4. The number of nitrogen functional groups attached to an aromatic ring is 1. The molecule has 0 spiro atoms. The van der Waals surface area contributed by atoms with Crippen molar-refractivity contribution in [1.29, 1.82) is 0 Å². The molecule has 1 amide bonds. The second kappa shape index (κ2) is 7.61. The van der Waals surface area contributed by atoms with Gasteiger partial charge in [0.1, 0.15) is 11.0 Å². The highest BCUT2D eigenvalue weighted by molar-refractivity contribution is 7.13. The Kier molecular flexibility index (Phi) is 5.01. The Balaban J connectivity index is 1.49. The number of pyridine rings is 1. The number of nitrogens with two attached hydrogens (primary N) is 1. The molecule has 1 fully saturated rings. The summed E-state index contributed by atoms with van der Waals surface area (Å²) in [7, 11) is 0. The number of aryl methyl sites for hydroxylation is 2. The molecule has 144 valence electrons. The second-order valence-electron chi connectivity index (χ2n) is 6.56. The van der Waals surface area contributed by atoms with Crippen LogP contribution in [-0.4, -0.2) is 50.4 Å². The number of amides is 1. The smallest absolute Gasteiger partial charge is 0.266 e. The number of nitrogens with zero attached hydrogens (tertiary/aromatic N) is 5. The predicted molar refractivity (Wildman–Crippen MR) is 106 cm³/mol. The van der Waals surface area contributed by atoms with Crippen molar-refractivity contribution in [2.45, 2.75) is 20.0 Å². The minimum Gasteiger partial charge on any atom is -0.368 e. The van der Waals surface area contributed by atoms with E-state index in [0.29, 0.717) is 24.6 Å². The maximum atomic E-state index is 12.9. The van der Waals surface area contributed by atoms with E-state index in [9.17, 15) is 4.79 Å². The van der Waals surface area contributed by atoms with Gasteiger partial charge in [0, 0.05) is 36.3 Å². The van der Waals surface area contributed by atoms with Crippen molar-refractivity contribution in [3.8, 4) is 11.1 Å². The lowest BCUT2D eigenvalue weighted by atomic mass is 10.1. The first-order valence-corrected chi connectivity index (χ1v) is 9.71. The van der Waals surface area contributed by atoms with Crippen LogP contribution in [0, 0.1) is 13.8 Å². The molecular weight excluding hydrogens is 376 g/mol. The van der Waals surface area contributed by atoms with Crippen LogP contribution in [0.2, 0.25) is 0 Å². The molecular formula is C19H20N6O2S. The molecule has 4 heterocycles. The van der Waals surface area contributed by atoms with Gasteiger partial charge in [0.2, 0.25) is 5.95 Å². The van der Waals surface area contributed by atoms with Crippen LogP contribution in [-0.2, 0) is 4.74 Å². The normalized spacial score (nSPS) is 16.9. The topological polar surface area (TPSA) is 107 Å². The molecule has 1 aliphatic heterocycles. The molecule has 0 bridgehead atoms. The summed E-state index contributed by atoms with van der Waals surface area (Å²) in [6, 6.07) is 3.85. The molecule has 28 heavy (non-hydrogen) atoms. The fraction of sp³-hybridized carbons (Fsp3) is 0.316. The van der Waals surface area contributed by atoms with Gasteiger partial charge < -0.3 is 15.4 Å². The van der Waals surface area contributed by atoms with Crippen LogP contribution in [0.3, 0.4) is 0 Å². The number of rotatable bonds is 3. The van der Waals surface area contributed by atoms with E-state index >= 15 is 0 Å². The predicted octanol–water partition coefficient (Wildman–Crippen LogP) is 2.41. The van der Waals surface area contributed by atoms with E-state index in [1.807, 2.05) is 30.9 Å². The lowest BCUT2D eigenvalue weighted by Gasteiger charge is -2.32. The Morgan fingerprint density at radius 3 is 2.57 bits per heavy atom. The highest BCUT2D eigenvalue weighted by Gasteiger charge is 2.28. The van der Waals surface area contributed by atoms with Crippen molar-refractivity contribution in [2.24, 2.45) is 0 Å². The van der Waals surface area contributed by atoms with Gasteiger partial charge in [-0.25, -0.2) is 15.0 Å². The number of carbonyl (C=O) groups is 1. The molecule has 0 saturated carbocycles. The summed E-state index contributed by atoms with van der Waals surface area (Å²) in [6.45, 7) is 5.28. The molecule has 1 aliphatic rings. The molecule has 3 aromatic rings. The molecule has 1 unspecified atom stereocenters. The average molecular weight is 396 g/mol. The Labute approximate surface area is 166 Å². The molecule has 0 aromatic carbocycles. The Bertz CT molecular complexity index is 987. The summed E-state index contributed by atoms with van der Waals surface area (Å²) >= 11 is 1.43. The van der Waals surface area contributed by atoms with Crippen molar-refractivity contribution in [1.82, 2.24) is 24.8 Å². The van der Waals surface area contributed by atoms with Crippen molar-refractivity contribution in [2.75, 3.05) is 25.4 Å². The molecule has 9 heteroatoms. The number of thiazole rings is 1. The van der Waals surface area contributed by atoms with Crippen LogP contribution in [0.5, 0.6) is 0 Å². The van der Waals surface area contributed by atoms with Crippen molar-refractivity contribution in [3.63, 3.8) is 0 Å². The fourth-order valence-corrected chi connectivity index (χ4v) is 4.03. The van der Waals surface area contributed by atoms with Gasteiger partial charge in [0.25, 0.3) is 5.91 Å². The third-order valence-corrected chi connectivity index (χ3v) is 5.63. The van der Waals surface area contributed by atoms with Crippen molar-refractivity contribution < 1.29 is 9.53 Å². The summed E-state index contributed by atoms with van der Waals surface area (Å²) in [5.41, 5.74) is 8.83. The SMILES string of the molecule is Cc1nc(C)c(C(=O)N2CCOC(c3ccc(-c4cnc(N)nc4)cn3)C2)s1. The van der Waals surface area contributed by atoms with E-state index in [2.05, 4.69) is 19.9 Å². The Morgan fingerprint density at radius 1 is 1.18 bits per heavy atom. The van der Waals surface area contributed by atoms with E-state index in [4.69, 9.17) is 10.5 Å². The number of hydrogen-bond acceptors (Lipinski definition) is 8. The van der Waals surface area contributed by atoms with Crippen LogP contribution < -0.4 is 5.73 Å². The van der Waals surface area contributed by atoms with E-state index in [1.54, 1.807) is 18.6 Å². The van der Waals surface area contributed by atoms with E-state index < -0.39 is 0 Å². The number of ether oxygens (including phenoxy) is 1. The first kappa shape index (κ1) is 18.5. The number of hydrogen-bond donors (Lipinski definition) is 1. The summed E-state index contributed by atoms with van der Waals surface area (Å²) in [5.74, 6) is 0.243. The number of carbonyl (C=O) groups excluding carboxylic acids is 1. The van der Waals surface area contributed by atoms with Gasteiger partial charge in [0.05, 0.1) is 29.5 Å². The van der Waals surface area contributed by atoms with Crippen molar-refractivity contribution >= 4 is 23.2 Å². The van der Waals surface area contributed by atoms with Gasteiger partial charge in [-0.3, -0.25) is 9.78 Å². The zero-order valence-corrected chi connectivity index (χ0v) is 16.4. The molecule has 0 aliphatic carbocycles. The van der Waals surface area contributed by atoms with Gasteiger partial charge in [-0.05, 0) is 19.9 Å². The highest BCUT2D eigenvalue weighted by atomic mass is 32.1. The standard InChI is InChI=1S/C19H20N6O2S/c1-11-17(28-12(2)24-11)18(26)25-5-6-27-16(10-25)15-4-3-13(7-21-15)14-8-22-19(20)23-9-14/h3-4,7-9,16H,5-6,10H2,1-2H3,(H2,20,22,23). The zero-order chi connectivity index (χ0) is 19.7. The molecule has 4 rings (SSSR count). The van der Waals surface area contributed by atoms with Crippen LogP contribution in [0.25, 0.3) is 11.1 Å². The lowest BCUT2D eigenvalue weighted by Crippen LogP contribution is -2.42. The van der Waals surface area contributed by atoms with Crippen LogP contribution >= 0.6 is 11.3 Å². The van der Waals surface area contributed by atoms with Gasteiger partial charge in [0.15, 0.2) is 0 Å². The number of anilines is 1. The van der Waals surface area contributed by atoms with Gasteiger partial charge in [-0.15, -0.1) is 11.3 Å². The van der Waals surface area contributed by atoms with E-state index in [-0.39, 0.29) is 18.0 Å².